The van der Waals surface area contributed by atoms with Crippen molar-refractivity contribution >= 4 is 13.7 Å². The Morgan fingerprint density at radius 3 is 0.902 bits per heavy atom. The lowest BCUT2D eigenvalue weighted by molar-refractivity contribution is -0.870. The van der Waals surface area contributed by atoms with Gasteiger partial charge in [0.1, 0.15) is 13.2 Å². The molecule has 0 aromatic rings. The van der Waals surface area contributed by atoms with E-state index < -0.39 is 20.0 Å². The van der Waals surface area contributed by atoms with Gasteiger partial charge in [0.25, 0.3) is 0 Å². The molecular weight excluding hydrogens is 1030 g/mol. The van der Waals surface area contributed by atoms with E-state index in [1.165, 1.54) is 347 Å². The number of hydrogen-bond acceptors (Lipinski definition) is 5. The van der Waals surface area contributed by atoms with E-state index in [0.717, 1.165) is 32.1 Å². The number of nitrogens with zero attached hydrogens (tertiary/aromatic N) is 1. The third-order valence-electron chi connectivity index (χ3n) is 17.5. The molecule has 9 heteroatoms. The zero-order chi connectivity index (χ0) is 59.8. The van der Waals surface area contributed by atoms with Gasteiger partial charge in [0.05, 0.1) is 39.9 Å². The Morgan fingerprint density at radius 1 is 0.402 bits per heavy atom. The lowest BCUT2D eigenvalue weighted by Crippen LogP contribution is -2.45. The molecule has 0 radical (unpaired) electrons. The van der Waals surface area contributed by atoms with Gasteiger partial charge >= 0.3 is 7.82 Å². The van der Waals surface area contributed by atoms with E-state index in [1.807, 2.05) is 27.2 Å². The van der Waals surface area contributed by atoms with Crippen LogP contribution < -0.4 is 5.32 Å². The van der Waals surface area contributed by atoms with Gasteiger partial charge < -0.3 is 19.8 Å². The molecule has 0 aliphatic rings. The van der Waals surface area contributed by atoms with E-state index in [4.69, 9.17) is 9.05 Å². The van der Waals surface area contributed by atoms with Crippen LogP contribution in [0.5, 0.6) is 0 Å². The minimum Gasteiger partial charge on any atom is -0.387 e. The third-order valence-corrected chi connectivity index (χ3v) is 18.5. The Hall–Kier alpha value is -0.760. The van der Waals surface area contributed by atoms with Gasteiger partial charge in [-0.1, -0.05) is 386 Å². The summed E-state index contributed by atoms with van der Waals surface area (Å²) in [5.41, 5.74) is 0. The molecule has 0 heterocycles. The summed E-state index contributed by atoms with van der Waals surface area (Å²) in [6.07, 6.45) is 83.8. The van der Waals surface area contributed by atoms with E-state index in [0.29, 0.717) is 17.4 Å². The predicted molar refractivity (Wildman–Crippen MR) is 360 cm³/mol. The second-order valence-electron chi connectivity index (χ2n) is 27.0. The maximum atomic E-state index is 13.1. The molecule has 1 amide bonds. The Bertz CT molecular complexity index is 1340. The van der Waals surface area contributed by atoms with Crippen LogP contribution in [0.25, 0.3) is 0 Å². The summed E-state index contributed by atoms with van der Waals surface area (Å²) in [7, 11) is 1.60. The normalized spacial score (nSPS) is 13.6. The number of nitrogens with one attached hydrogen (secondary N) is 1. The molecule has 0 fully saturated rings. The standard InChI is InChI=1S/C73H147N2O6P/c1-6-8-10-12-14-16-18-20-22-24-26-28-30-32-34-35-36-37-38-39-40-41-43-45-47-49-51-53-55-57-59-61-63-65-67-73(77)74-71(70-81-82(78,79)80-69-68-75(3,4)5)72(76)66-64-62-60-58-56-54-52-50-48-46-44-42-33-31-29-27-25-23-21-19-17-15-13-11-9-7-2/h64,66,71-72,76H,6-63,65,67-70H2,1-5H3,(H-,74,77,78,79)/p+1/b66-64+. The van der Waals surface area contributed by atoms with E-state index in [1.54, 1.807) is 6.08 Å². The first kappa shape index (κ1) is 81.2. The fraction of sp³-hybridized carbons (Fsp3) is 0.959. The third kappa shape index (κ3) is 66.8. The van der Waals surface area contributed by atoms with Crippen LogP contribution >= 0.6 is 7.82 Å². The van der Waals surface area contributed by atoms with Gasteiger partial charge in [-0.2, -0.15) is 0 Å². The highest BCUT2D eigenvalue weighted by atomic mass is 31.2. The second kappa shape index (κ2) is 64.7. The summed E-state index contributed by atoms with van der Waals surface area (Å²) in [5, 5.41) is 14.0. The lowest BCUT2D eigenvalue weighted by Gasteiger charge is -2.25. The Balaban J connectivity index is 3.97. The van der Waals surface area contributed by atoms with Crippen LogP contribution in [0.15, 0.2) is 12.2 Å². The topological polar surface area (TPSA) is 105 Å². The monoisotopic (exact) mass is 1180 g/mol. The average molecular weight is 1180 g/mol. The number of quaternary nitrogens is 1. The minimum absolute atomic E-state index is 0.0656. The van der Waals surface area contributed by atoms with Crippen molar-refractivity contribution in [3.63, 3.8) is 0 Å². The van der Waals surface area contributed by atoms with E-state index >= 15 is 0 Å². The Labute approximate surface area is 513 Å². The summed E-state index contributed by atoms with van der Waals surface area (Å²) in [5.74, 6) is -0.166. The number of carbonyl (C=O) groups is 1. The maximum Gasteiger partial charge on any atom is 0.472 e. The number of phosphoric ester groups is 1. The highest BCUT2D eigenvalue weighted by Gasteiger charge is 2.28. The Morgan fingerprint density at radius 2 is 0.646 bits per heavy atom. The number of aliphatic hydroxyl groups is 1. The van der Waals surface area contributed by atoms with Gasteiger partial charge in [-0.3, -0.25) is 13.8 Å². The van der Waals surface area contributed by atoms with Gasteiger partial charge in [0.15, 0.2) is 0 Å². The molecule has 0 aliphatic heterocycles. The molecule has 490 valence electrons. The predicted octanol–water partition coefficient (Wildman–Crippen LogP) is 23.7. The highest BCUT2D eigenvalue weighted by Crippen LogP contribution is 2.43. The molecule has 0 rings (SSSR count). The van der Waals surface area contributed by atoms with Crippen molar-refractivity contribution in [2.24, 2.45) is 0 Å². The molecule has 3 N–H and O–H groups in total. The number of unbranched alkanes of at least 4 members (excludes halogenated alkanes) is 57. The number of phosphoric acid groups is 1. The molecule has 82 heavy (non-hydrogen) atoms. The van der Waals surface area contributed by atoms with Crippen LogP contribution in [0.4, 0.5) is 0 Å². The molecule has 8 nitrogen and oxygen atoms in total. The molecular formula is C73H148N2O6P+. The maximum absolute atomic E-state index is 13.1. The van der Waals surface area contributed by atoms with E-state index in [9.17, 15) is 19.4 Å². The summed E-state index contributed by atoms with van der Waals surface area (Å²) in [4.78, 5) is 23.4. The van der Waals surface area contributed by atoms with E-state index in [-0.39, 0.29) is 19.1 Å². The quantitative estimate of drug-likeness (QED) is 0.0243. The number of carbonyl (C=O) groups excluding carboxylic acids is 1. The van der Waals surface area contributed by atoms with Crippen molar-refractivity contribution < 1.29 is 32.9 Å². The van der Waals surface area contributed by atoms with Gasteiger partial charge in [0.2, 0.25) is 5.91 Å². The molecule has 3 atom stereocenters. The van der Waals surface area contributed by atoms with Crippen molar-refractivity contribution in [1.29, 1.82) is 0 Å². The molecule has 3 unspecified atom stereocenters. The van der Waals surface area contributed by atoms with Crippen LogP contribution in [-0.4, -0.2) is 73.4 Å². The molecule has 0 spiro atoms. The summed E-state index contributed by atoms with van der Waals surface area (Å²) < 4.78 is 23.9. The smallest absolute Gasteiger partial charge is 0.387 e. The van der Waals surface area contributed by atoms with Crippen molar-refractivity contribution in [3.8, 4) is 0 Å². The van der Waals surface area contributed by atoms with Crippen LogP contribution in [0, 0.1) is 0 Å². The summed E-state index contributed by atoms with van der Waals surface area (Å²) >= 11 is 0. The van der Waals surface area contributed by atoms with Gasteiger partial charge in [-0.05, 0) is 19.3 Å². The van der Waals surface area contributed by atoms with Crippen LogP contribution in [0.1, 0.15) is 399 Å². The van der Waals surface area contributed by atoms with Gasteiger partial charge in [0, 0.05) is 6.42 Å². The molecule has 0 saturated heterocycles. The van der Waals surface area contributed by atoms with Crippen LogP contribution in [0.3, 0.4) is 0 Å². The summed E-state index contributed by atoms with van der Waals surface area (Å²) in [6.45, 7) is 4.89. The van der Waals surface area contributed by atoms with Crippen molar-refractivity contribution in [3.05, 3.63) is 12.2 Å². The zero-order valence-corrected chi connectivity index (χ0v) is 57.2. The van der Waals surface area contributed by atoms with Crippen LogP contribution in [0.2, 0.25) is 0 Å². The molecule has 0 saturated carbocycles. The summed E-state index contributed by atoms with van der Waals surface area (Å²) in [6, 6.07) is -0.844. The fourth-order valence-corrected chi connectivity index (χ4v) is 12.5. The van der Waals surface area contributed by atoms with Crippen molar-refractivity contribution in [2.45, 2.75) is 411 Å². The zero-order valence-electron chi connectivity index (χ0n) is 56.3. The number of hydrogen-bond donors (Lipinski definition) is 3. The number of likely N-dealkylation sites (N-methyl/N-ethyl adjacent to an activating group) is 1. The van der Waals surface area contributed by atoms with Gasteiger partial charge in [-0.25, -0.2) is 4.57 Å². The number of allylic oxidation sites excluding steroid dienone is 1. The number of amides is 1. The van der Waals surface area contributed by atoms with Crippen LogP contribution in [-0.2, 0) is 18.4 Å². The second-order valence-corrected chi connectivity index (χ2v) is 28.5. The first-order chi connectivity index (χ1) is 40.0. The lowest BCUT2D eigenvalue weighted by atomic mass is 10.0. The van der Waals surface area contributed by atoms with Crippen molar-refractivity contribution in [2.75, 3.05) is 40.9 Å². The van der Waals surface area contributed by atoms with E-state index in [2.05, 4.69) is 19.2 Å². The highest BCUT2D eigenvalue weighted by molar-refractivity contribution is 7.47. The SMILES string of the molecule is CCCCCCCCCCCCCCCCCCCCCCCCCC/C=C/C(O)C(COP(=O)(O)OCC[N+](C)(C)C)NC(=O)CCCCCCCCCCCCCCCCCCCCCCCCCCCCCCCCCCCC. The Kier molecular flexibility index (Phi) is 64.1. The fourth-order valence-electron chi connectivity index (χ4n) is 11.8. The molecule has 0 bridgehead atoms. The van der Waals surface area contributed by atoms with Crippen molar-refractivity contribution in [1.82, 2.24) is 5.32 Å². The molecule has 0 aromatic carbocycles. The first-order valence-corrected chi connectivity index (χ1v) is 38.6. The average Bonchev–Trinajstić information content (AvgIpc) is 3.45. The molecule has 0 aromatic heterocycles. The molecule has 0 aliphatic carbocycles. The van der Waals surface area contributed by atoms with Gasteiger partial charge in [-0.15, -0.1) is 0 Å². The number of aliphatic hydroxyl groups excluding tert-OH is 1. The minimum atomic E-state index is -4.35. The first-order valence-electron chi connectivity index (χ1n) is 37.1. The number of rotatable bonds is 70. The largest absolute Gasteiger partial charge is 0.472 e.